The maximum absolute atomic E-state index is 13.2. The van der Waals surface area contributed by atoms with Crippen LogP contribution in [0.15, 0.2) is 18.5 Å². The maximum Gasteiger partial charge on any atom is 0.177 e. The quantitative estimate of drug-likeness (QED) is 0.783. The predicted octanol–water partition coefficient (Wildman–Crippen LogP) is 1.88. The summed E-state index contributed by atoms with van der Waals surface area (Å²) < 4.78 is 27.9. The van der Waals surface area contributed by atoms with Crippen LogP contribution in [0, 0.1) is 0 Å². The first-order valence-corrected chi connectivity index (χ1v) is 5.56. The molecule has 2 atom stereocenters. The Labute approximate surface area is 101 Å². The minimum Gasteiger partial charge on any atom is -0.362 e. The van der Waals surface area contributed by atoms with E-state index in [2.05, 4.69) is 10.1 Å². The fourth-order valence-corrected chi connectivity index (χ4v) is 2.21. The van der Waals surface area contributed by atoms with E-state index >= 15 is 0 Å². The molecule has 1 aliphatic heterocycles. The first-order chi connectivity index (χ1) is 8.15. The van der Waals surface area contributed by atoms with E-state index < -0.39 is 12.3 Å². The number of nitrogens with zero attached hydrogens (tertiary/aromatic N) is 4. The van der Waals surface area contributed by atoms with E-state index in [0.717, 1.165) is 0 Å². The summed E-state index contributed by atoms with van der Waals surface area (Å²) >= 11 is 5.86. The van der Waals surface area contributed by atoms with Gasteiger partial charge in [-0.3, -0.25) is 0 Å². The molecule has 2 aromatic heterocycles. The molecule has 0 bridgehead atoms. The number of hydrogen-bond acceptors (Lipinski definition) is 3. The Morgan fingerprint density at radius 3 is 2.71 bits per heavy atom. The second-order valence-electron chi connectivity index (χ2n) is 3.98. The highest BCUT2D eigenvalue weighted by molar-refractivity contribution is 6.29. The Morgan fingerprint density at radius 2 is 2.00 bits per heavy atom. The molecule has 0 aromatic carbocycles. The zero-order valence-corrected chi connectivity index (χ0v) is 9.48. The van der Waals surface area contributed by atoms with Crippen molar-refractivity contribution in [1.82, 2.24) is 14.6 Å². The predicted molar refractivity (Wildman–Crippen MR) is 60.0 cm³/mol. The van der Waals surface area contributed by atoms with Gasteiger partial charge in [-0.05, 0) is 0 Å². The van der Waals surface area contributed by atoms with Crippen molar-refractivity contribution in [1.29, 1.82) is 0 Å². The lowest BCUT2D eigenvalue weighted by molar-refractivity contribution is 0.217. The molecule has 0 radical (unpaired) electrons. The maximum atomic E-state index is 13.2. The van der Waals surface area contributed by atoms with Crippen LogP contribution in [0.2, 0.25) is 5.15 Å². The number of fused-ring (bicyclic) bond motifs is 1. The fourth-order valence-electron chi connectivity index (χ4n) is 2.02. The summed E-state index contributed by atoms with van der Waals surface area (Å²) in [5.74, 6) is 0. The van der Waals surface area contributed by atoms with Gasteiger partial charge >= 0.3 is 0 Å². The molecule has 4 nitrogen and oxygen atoms in total. The third kappa shape index (κ3) is 1.72. The Hall–Kier alpha value is -1.43. The molecule has 0 N–H and O–H groups in total. The van der Waals surface area contributed by atoms with Crippen LogP contribution in [0.5, 0.6) is 0 Å². The molecule has 0 unspecified atom stereocenters. The van der Waals surface area contributed by atoms with E-state index in [1.807, 2.05) is 0 Å². The second kappa shape index (κ2) is 3.80. The van der Waals surface area contributed by atoms with Gasteiger partial charge in [-0.2, -0.15) is 5.10 Å². The minimum absolute atomic E-state index is 0.0179. The molecule has 2 aromatic rings. The first kappa shape index (κ1) is 10.7. The van der Waals surface area contributed by atoms with Crippen LogP contribution >= 0.6 is 11.6 Å². The Balaban J connectivity index is 2.08. The number of alkyl halides is 2. The highest BCUT2D eigenvalue weighted by atomic mass is 35.5. The molecule has 3 rings (SSSR count). The molecule has 90 valence electrons. The van der Waals surface area contributed by atoms with Crippen LogP contribution < -0.4 is 4.90 Å². The zero-order valence-electron chi connectivity index (χ0n) is 8.72. The lowest BCUT2D eigenvalue weighted by Crippen LogP contribution is -2.21. The number of aromatic nitrogens is 3. The van der Waals surface area contributed by atoms with Gasteiger partial charge in [0.15, 0.2) is 23.1 Å². The van der Waals surface area contributed by atoms with Crippen molar-refractivity contribution in [2.45, 2.75) is 12.3 Å². The normalized spacial score (nSPS) is 24.8. The van der Waals surface area contributed by atoms with Gasteiger partial charge in [0.2, 0.25) is 0 Å². The Kier molecular flexibility index (Phi) is 2.39. The summed E-state index contributed by atoms with van der Waals surface area (Å²) in [6.07, 6.45) is 0.285. The van der Waals surface area contributed by atoms with Crippen molar-refractivity contribution in [3.05, 3.63) is 23.6 Å². The molecule has 0 aliphatic carbocycles. The van der Waals surface area contributed by atoms with E-state index in [4.69, 9.17) is 11.6 Å². The van der Waals surface area contributed by atoms with Crippen LogP contribution in [-0.2, 0) is 0 Å². The first-order valence-electron chi connectivity index (χ1n) is 5.18. The Morgan fingerprint density at radius 1 is 1.29 bits per heavy atom. The topological polar surface area (TPSA) is 33.4 Å². The van der Waals surface area contributed by atoms with Gasteiger partial charge in [0.05, 0.1) is 18.8 Å². The summed E-state index contributed by atoms with van der Waals surface area (Å²) in [6, 6.07) is 1.58. The molecule has 17 heavy (non-hydrogen) atoms. The van der Waals surface area contributed by atoms with Gasteiger partial charge in [-0.1, -0.05) is 11.6 Å². The fraction of sp³-hybridized carbons (Fsp3) is 0.400. The zero-order chi connectivity index (χ0) is 12.0. The molecule has 1 aliphatic rings. The summed E-state index contributed by atoms with van der Waals surface area (Å²) in [6.45, 7) is 0.0358. The SMILES string of the molecule is F[C@H]1CN(c2cc(Cl)nn3ccnc23)C[C@@H]1F. The lowest BCUT2D eigenvalue weighted by atomic mass is 10.3. The lowest BCUT2D eigenvalue weighted by Gasteiger charge is -2.17. The molecule has 0 spiro atoms. The molecular formula is C10H9ClF2N4. The smallest absolute Gasteiger partial charge is 0.177 e. The van der Waals surface area contributed by atoms with E-state index in [0.29, 0.717) is 11.3 Å². The van der Waals surface area contributed by atoms with Gasteiger partial charge in [0.1, 0.15) is 0 Å². The molecule has 0 amide bonds. The standard InChI is InChI=1S/C10H9ClF2N4/c11-9-3-8(10-14-1-2-17(10)15-9)16-4-6(12)7(13)5-16/h1-3,6-7H,4-5H2/t6-,7-/m0/s1. The molecule has 1 saturated heterocycles. The number of anilines is 1. The van der Waals surface area contributed by atoms with Gasteiger partial charge < -0.3 is 4.90 Å². The summed E-state index contributed by atoms with van der Waals surface area (Å²) in [5.41, 5.74) is 1.16. The van der Waals surface area contributed by atoms with Crippen LogP contribution in [0.1, 0.15) is 0 Å². The Bertz CT molecular complexity index is 548. The molecular weight excluding hydrogens is 250 g/mol. The van der Waals surface area contributed by atoms with E-state index in [9.17, 15) is 8.78 Å². The van der Waals surface area contributed by atoms with Crippen LogP contribution in [-0.4, -0.2) is 40.0 Å². The number of imidazole rings is 1. The largest absolute Gasteiger partial charge is 0.362 e. The number of hydrogen-bond donors (Lipinski definition) is 0. The average Bonchev–Trinajstić information content (AvgIpc) is 2.85. The van der Waals surface area contributed by atoms with Gasteiger partial charge in [-0.25, -0.2) is 18.3 Å². The number of rotatable bonds is 1. The van der Waals surface area contributed by atoms with Crippen molar-refractivity contribution in [3.63, 3.8) is 0 Å². The molecule has 3 heterocycles. The monoisotopic (exact) mass is 258 g/mol. The van der Waals surface area contributed by atoms with E-state index in [-0.39, 0.29) is 18.2 Å². The van der Waals surface area contributed by atoms with Crippen molar-refractivity contribution < 1.29 is 8.78 Å². The van der Waals surface area contributed by atoms with Crippen LogP contribution in [0.3, 0.4) is 0 Å². The van der Waals surface area contributed by atoms with E-state index in [1.54, 1.807) is 23.4 Å². The highest BCUT2D eigenvalue weighted by Gasteiger charge is 2.34. The second-order valence-corrected chi connectivity index (χ2v) is 4.37. The number of halogens is 3. The van der Waals surface area contributed by atoms with Crippen LogP contribution in [0.25, 0.3) is 5.65 Å². The third-order valence-electron chi connectivity index (χ3n) is 2.83. The summed E-state index contributed by atoms with van der Waals surface area (Å²) in [4.78, 5) is 5.71. The molecule has 7 heteroatoms. The van der Waals surface area contributed by atoms with Crippen molar-refractivity contribution in [2.75, 3.05) is 18.0 Å². The van der Waals surface area contributed by atoms with Gasteiger partial charge in [0.25, 0.3) is 0 Å². The minimum atomic E-state index is -1.46. The summed E-state index contributed by atoms with van der Waals surface area (Å²) in [5, 5.41) is 4.28. The van der Waals surface area contributed by atoms with Gasteiger partial charge in [0, 0.05) is 18.5 Å². The van der Waals surface area contributed by atoms with Crippen molar-refractivity contribution in [2.24, 2.45) is 0 Å². The highest BCUT2D eigenvalue weighted by Crippen LogP contribution is 2.28. The molecule has 0 saturated carbocycles. The van der Waals surface area contributed by atoms with Crippen molar-refractivity contribution >= 4 is 22.9 Å². The third-order valence-corrected chi connectivity index (χ3v) is 3.02. The molecule has 1 fully saturated rings. The van der Waals surface area contributed by atoms with E-state index in [1.165, 1.54) is 4.52 Å². The summed E-state index contributed by atoms with van der Waals surface area (Å²) in [7, 11) is 0. The van der Waals surface area contributed by atoms with Crippen molar-refractivity contribution in [3.8, 4) is 0 Å². The van der Waals surface area contributed by atoms with Gasteiger partial charge in [-0.15, -0.1) is 0 Å². The van der Waals surface area contributed by atoms with Crippen LogP contribution in [0.4, 0.5) is 14.5 Å². The average molecular weight is 259 g/mol.